The summed E-state index contributed by atoms with van der Waals surface area (Å²) in [7, 11) is 0. The number of thioether (sulfide) groups is 1. The van der Waals surface area contributed by atoms with Crippen LogP contribution in [0.4, 0.5) is 0 Å². The van der Waals surface area contributed by atoms with Crippen LogP contribution in [0.3, 0.4) is 0 Å². The highest BCUT2D eigenvalue weighted by molar-refractivity contribution is 7.98. The van der Waals surface area contributed by atoms with E-state index in [-0.39, 0.29) is 11.5 Å². The predicted molar refractivity (Wildman–Crippen MR) is 120 cm³/mol. The number of benzene rings is 2. The number of ketones is 1. The van der Waals surface area contributed by atoms with E-state index < -0.39 is 11.6 Å². The molecule has 6 heteroatoms. The molecule has 0 aliphatic carbocycles. The minimum Gasteiger partial charge on any atom is -0.478 e. The maximum Gasteiger partial charge on any atom is 0.347 e. The lowest BCUT2D eigenvalue weighted by Gasteiger charge is -2.24. The second kappa shape index (κ2) is 8.40. The smallest absolute Gasteiger partial charge is 0.347 e. The maximum atomic E-state index is 12.6. The second-order valence-electron chi connectivity index (χ2n) is 7.61. The van der Waals surface area contributed by atoms with E-state index in [4.69, 9.17) is 9.15 Å². The van der Waals surface area contributed by atoms with Crippen molar-refractivity contribution in [1.29, 1.82) is 0 Å². The Hall–Kier alpha value is -2.99. The number of carbonyl (C=O) groups excluding carboxylic acids is 1. The fourth-order valence-corrected chi connectivity index (χ4v) is 3.51. The van der Waals surface area contributed by atoms with Gasteiger partial charge in [-0.1, -0.05) is 6.08 Å². The lowest BCUT2D eigenvalue weighted by molar-refractivity contribution is -0.152. The Labute approximate surface area is 179 Å². The van der Waals surface area contributed by atoms with E-state index in [1.165, 1.54) is 19.9 Å². The SMILES string of the molecule is CSc1ccc2oc(C(=O)/C=C/c3cc(C)c(OC(C)(C)C(=O)O)c(C)c3)cc2c1. The molecule has 0 saturated carbocycles. The van der Waals surface area contributed by atoms with Gasteiger partial charge < -0.3 is 14.3 Å². The molecular weight excluding hydrogens is 400 g/mol. The molecule has 0 aliphatic heterocycles. The van der Waals surface area contributed by atoms with Crippen LogP contribution in [0, 0.1) is 13.8 Å². The van der Waals surface area contributed by atoms with Gasteiger partial charge in [0, 0.05) is 10.3 Å². The highest BCUT2D eigenvalue weighted by atomic mass is 32.2. The van der Waals surface area contributed by atoms with Crippen LogP contribution in [-0.4, -0.2) is 28.7 Å². The van der Waals surface area contributed by atoms with Crippen LogP contribution in [0.5, 0.6) is 5.75 Å². The van der Waals surface area contributed by atoms with Gasteiger partial charge in [-0.15, -0.1) is 11.8 Å². The van der Waals surface area contributed by atoms with Gasteiger partial charge >= 0.3 is 5.97 Å². The number of fused-ring (bicyclic) bond motifs is 1. The van der Waals surface area contributed by atoms with Gasteiger partial charge in [0.05, 0.1) is 0 Å². The van der Waals surface area contributed by atoms with Crippen molar-refractivity contribution in [3.05, 3.63) is 64.9 Å². The van der Waals surface area contributed by atoms with Gasteiger partial charge in [-0.3, -0.25) is 4.79 Å². The minimum absolute atomic E-state index is 0.223. The monoisotopic (exact) mass is 424 g/mol. The third-order valence-corrected chi connectivity index (χ3v) is 5.47. The molecule has 3 rings (SSSR count). The molecule has 0 fully saturated rings. The Morgan fingerprint density at radius 3 is 2.37 bits per heavy atom. The molecule has 0 radical (unpaired) electrons. The molecule has 1 N–H and O–H groups in total. The summed E-state index contributed by atoms with van der Waals surface area (Å²) in [6, 6.07) is 11.3. The summed E-state index contributed by atoms with van der Waals surface area (Å²) in [6.45, 7) is 6.72. The fraction of sp³-hybridized carbons (Fsp3) is 0.250. The summed E-state index contributed by atoms with van der Waals surface area (Å²) >= 11 is 1.63. The number of ether oxygens (including phenoxy) is 1. The van der Waals surface area contributed by atoms with Gasteiger partial charge in [0.15, 0.2) is 11.4 Å². The van der Waals surface area contributed by atoms with Gasteiger partial charge in [-0.2, -0.15) is 0 Å². The van der Waals surface area contributed by atoms with Crippen LogP contribution in [0.1, 0.15) is 41.1 Å². The molecule has 1 aromatic heterocycles. The third-order valence-electron chi connectivity index (χ3n) is 4.75. The summed E-state index contributed by atoms with van der Waals surface area (Å²) in [5.74, 6) is -0.435. The first kappa shape index (κ1) is 21.7. The minimum atomic E-state index is -1.33. The topological polar surface area (TPSA) is 76.7 Å². The number of carboxylic acid groups (broad SMARTS) is 1. The fourth-order valence-electron chi connectivity index (χ4n) is 3.06. The molecule has 3 aromatic rings. The molecule has 0 aliphatic rings. The number of carboxylic acids is 1. The molecule has 5 nitrogen and oxygen atoms in total. The molecule has 0 saturated heterocycles. The number of hydrogen-bond donors (Lipinski definition) is 1. The van der Waals surface area contributed by atoms with Crippen LogP contribution < -0.4 is 4.74 Å². The zero-order chi connectivity index (χ0) is 22.1. The summed E-state index contributed by atoms with van der Waals surface area (Å²) in [4.78, 5) is 25.0. The Morgan fingerprint density at radius 2 is 1.77 bits per heavy atom. The lowest BCUT2D eigenvalue weighted by atomic mass is 10.0. The first-order valence-corrected chi connectivity index (χ1v) is 10.7. The standard InChI is InChI=1S/C24H24O5S/c1-14-10-16(11-15(2)22(14)29-24(3,4)23(26)27)6-8-19(25)21-13-17-12-18(30-5)7-9-20(17)28-21/h6-13H,1-5H3,(H,26,27)/b8-6+. The average molecular weight is 425 g/mol. The number of aliphatic carboxylic acids is 1. The maximum absolute atomic E-state index is 12.6. The Kier molecular flexibility index (Phi) is 6.08. The summed E-state index contributed by atoms with van der Waals surface area (Å²) in [5.41, 5.74) is 1.76. The van der Waals surface area contributed by atoms with Gasteiger partial charge in [-0.05, 0) is 93.1 Å². The summed E-state index contributed by atoms with van der Waals surface area (Å²) < 4.78 is 11.4. The molecule has 0 amide bonds. The van der Waals surface area contributed by atoms with Gasteiger partial charge in [0.25, 0.3) is 0 Å². The Bertz CT molecular complexity index is 1130. The van der Waals surface area contributed by atoms with Crippen molar-refractivity contribution in [2.24, 2.45) is 0 Å². The molecule has 0 bridgehead atoms. The molecular formula is C24H24O5S. The normalized spacial score (nSPS) is 11.9. The van der Waals surface area contributed by atoms with Crippen molar-refractivity contribution in [2.75, 3.05) is 6.26 Å². The van der Waals surface area contributed by atoms with Gasteiger partial charge in [-0.25, -0.2) is 4.79 Å². The zero-order valence-corrected chi connectivity index (χ0v) is 18.4. The van der Waals surface area contributed by atoms with Crippen LogP contribution in [0.25, 0.3) is 17.0 Å². The van der Waals surface area contributed by atoms with E-state index in [2.05, 4.69) is 0 Å². The molecule has 1 heterocycles. The van der Waals surface area contributed by atoms with Crippen LogP contribution in [-0.2, 0) is 4.79 Å². The first-order valence-electron chi connectivity index (χ1n) is 9.44. The highest BCUT2D eigenvalue weighted by Crippen LogP contribution is 2.29. The van der Waals surface area contributed by atoms with Gasteiger partial charge in [0.2, 0.25) is 5.78 Å². The molecule has 0 atom stereocenters. The number of allylic oxidation sites excluding steroid dienone is 1. The van der Waals surface area contributed by atoms with E-state index in [1.807, 2.05) is 50.4 Å². The highest BCUT2D eigenvalue weighted by Gasteiger charge is 2.30. The summed E-state index contributed by atoms with van der Waals surface area (Å²) in [5, 5.41) is 10.2. The second-order valence-corrected chi connectivity index (χ2v) is 8.49. The molecule has 0 spiro atoms. The number of rotatable bonds is 7. The number of furan rings is 1. The molecule has 2 aromatic carbocycles. The van der Waals surface area contributed by atoms with Crippen LogP contribution in [0.15, 0.2) is 51.8 Å². The van der Waals surface area contributed by atoms with Crippen molar-refractivity contribution in [3.8, 4) is 5.75 Å². The first-order chi connectivity index (χ1) is 14.1. The van der Waals surface area contributed by atoms with Crippen molar-refractivity contribution in [3.63, 3.8) is 0 Å². The zero-order valence-electron chi connectivity index (χ0n) is 17.6. The van der Waals surface area contributed by atoms with Crippen LogP contribution in [0.2, 0.25) is 0 Å². The van der Waals surface area contributed by atoms with Crippen molar-refractivity contribution < 1.29 is 23.8 Å². The quantitative estimate of drug-likeness (QED) is 0.289. The Balaban J connectivity index is 1.82. The molecule has 0 unspecified atom stereocenters. The van der Waals surface area contributed by atoms with E-state index in [9.17, 15) is 14.7 Å². The van der Waals surface area contributed by atoms with Crippen molar-refractivity contribution in [1.82, 2.24) is 0 Å². The number of carbonyl (C=O) groups is 2. The van der Waals surface area contributed by atoms with E-state index in [0.29, 0.717) is 11.3 Å². The molecule has 30 heavy (non-hydrogen) atoms. The Morgan fingerprint density at radius 1 is 1.10 bits per heavy atom. The third kappa shape index (κ3) is 4.60. The number of hydrogen-bond acceptors (Lipinski definition) is 5. The lowest BCUT2D eigenvalue weighted by Crippen LogP contribution is -2.38. The van der Waals surface area contributed by atoms with E-state index >= 15 is 0 Å². The molecule has 156 valence electrons. The largest absolute Gasteiger partial charge is 0.478 e. The van der Waals surface area contributed by atoms with Crippen molar-refractivity contribution in [2.45, 2.75) is 38.2 Å². The van der Waals surface area contributed by atoms with E-state index in [0.717, 1.165) is 27.0 Å². The van der Waals surface area contributed by atoms with Crippen molar-refractivity contribution >= 4 is 40.6 Å². The van der Waals surface area contributed by atoms with Crippen LogP contribution >= 0.6 is 11.8 Å². The summed E-state index contributed by atoms with van der Waals surface area (Å²) in [6.07, 6.45) is 5.19. The number of aryl methyl sites for hydroxylation is 2. The predicted octanol–water partition coefficient (Wildman–Crippen LogP) is 5.91. The van der Waals surface area contributed by atoms with Gasteiger partial charge in [0.1, 0.15) is 11.3 Å². The average Bonchev–Trinajstić information content (AvgIpc) is 3.12. The van der Waals surface area contributed by atoms with E-state index in [1.54, 1.807) is 23.9 Å².